The van der Waals surface area contributed by atoms with Crippen LogP contribution in [-0.2, 0) is 16.2 Å². The second kappa shape index (κ2) is 11.8. The summed E-state index contributed by atoms with van der Waals surface area (Å²) in [7, 11) is -3.83. The van der Waals surface area contributed by atoms with Crippen LogP contribution in [0.15, 0.2) is 42.5 Å². The Hall–Kier alpha value is -3.72. The van der Waals surface area contributed by atoms with E-state index in [4.69, 9.17) is 5.11 Å². The molecule has 15 heteroatoms. The molecule has 1 aliphatic carbocycles. The highest BCUT2D eigenvalue weighted by Gasteiger charge is 2.45. The number of benzene rings is 2. The minimum atomic E-state index is -4.71. The highest BCUT2D eigenvalue weighted by molar-refractivity contribution is 7.92. The van der Waals surface area contributed by atoms with E-state index in [9.17, 15) is 35.2 Å². The van der Waals surface area contributed by atoms with E-state index in [0.29, 0.717) is 24.2 Å². The van der Waals surface area contributed by atoms with Crippen LogP contribution >= 0.6 is 0 Å². The van der Waals surface area contributed by atoms with E-state index >= 15 is 0 Å². The van der Waals surface area contributed by atoms with E-state index in [1.165, 1.54) is 30.3 Å². The van der Waals surface area contributed by atoms with Crippen molar-refractivity contribution in [1.29, 1.82) is 0 Å². The third kappa shape index (κ3) is 6.99. The average Bonchev–Trinajstić information content (AvgIpc) is 3.74. The lowest BCUT2D eigenvalue weighted by atomic mass is 9.93. The lowest BCUT2D eigenvalue weighted by molar-refractivity contribution is -0.140. The molecule has 0 bridgehead atoms. The number of carbonyl (C=O) groups excluding carboxylic acids is 1. The van der Waals surface area contributed by atoms with Gasteiger partial charge >= 0.3 is 6.18 Å². The first kappa shape index (κ1) is 32.2. The Morgan fingerprint density at radius 3 is 2.13 bits per heavy atom. The van der Waals surface area contributed by atoms with Gasteiger partial charge in [0.15, 0.2) is 0 Å². The van der Waals surface area contributed by atoms with Crippen LogP contribution in [0.25, 0.3) is 10.9 Å². The Balaban J connectivity index is 1.34. The van der Waals surface area contributed by atoms with Gasteiger partial charge in [0.1, 0.15) is 5.69 Å². The number of pyridine rings is 1. The molecule has 2 aromatic carbocycles. The van der Waals surface area contributed by atoms with Gasteiger partial charge in [0, 0.05) is 50.1 Å². The number of amides is 1. The number of carbonyl (C=O) groups is 1. The molecule has 2 aliphatic heterocycles. The zero-order valence-corrected chi connectivity index (χ0v) is 25.7. The van der Waals surface area contributed by atoms with E-state index in [0.717, 1.165) is 31.7 Å². The summed E-state index contributed by atoms with van der Waals surface area (Å²) in [6.07, 6.45) is -1.47. The summed E-state index contributed by atoms with van der Waals surface area (Å²) < 4.78 is 95.7. The number of anilines is 4. The largest absolute Gasteiger partial charge is 0.433 e. The number of piperidine rings is 2. The fourth-order valence-corrected chi connectivity index (χ4v) is 7.09. The minimum absolute atomic E-state index is 0.0134. The molecule has 1 amide bonds. The first-order chi connectivity index (χ1) is 21.7. The summed E-state index contributed by atoms with van der Waals surface area (Å²) in [6.45, 7) is 0.564. The Morgan fingerprint density at radius 1 is 0.870 bits per heavy atom. The number of alkyl halides is 5. The van der Waals surface area contributed by atoms with Crippen molar-refractivity contribution in [3.05, 3.63) is 53.7 Å². The van der Waals surface area contributed by atoms with Gasteiger partial charge < -0.3 is 20.2 Å². The van der Waals surface area contributed by atoms with Crippen LogP contribution in [-0.4, -0.2) is 68.9 Å². The van der Waals surface area contributed by atoms with Gasteiger partial charge in [0.25, 0.3) is 11.8 Å². The van der Waals surface area contributed by atoms with E-state index in [1.54, 1.807) is 11.0 Å². The van der Waals surface area contributed by atoms with Crippen molar-refractivity contribution < 1.29 is 40.3 Å². The summed E-state index contributed by atoms with van der Waals surface area (Å²) in [5, 5.41) is 12.2. The fourth-order valence-electron chi connectivity index (χ4n) is 6.26. The van der Waals surface area contributed by atoms with Gasteiger partial charge in [0.05, 0.1) is 40.5 Å². The number of aromatic nitrogens is 1. The van der Waals surface area contributed by atoms with Gasteiger partial charge in [0.2, 0.25) is 10.0 Å². The van der Waals surface area contributed by atoms with Crippen LogP contribution in [0, 0.1) is 5.41 Å². The van der Waals surface area contributed by atoms with E-state index in [2.05, 4.69) is 15.0 Å². The molecule has 1 saturated carbocycles. The molecular formula is C31H34F5N5O4S. The van der Waals surface area contributed by atoms with Crippen LogP contribution in [0.5, 0.6) is 0 Å². The zero-order valence-electron chi connectivity index (χ0n) is 24.8. The number of hydrogen-bond acceptors (Lipinski definition) is 7. The predicted molar refractivity (Wildman–Crippen MR) is 165 cm³/mol. The highest BCUT2D eigenvalue weighted by Crippen LogP contribution is 2.54. The van der Waals surface area contributed by atoms with Crippen LogP contribution < -0.4 is 19.8 Å². The number of rotatable bonds is 8. The molecule has 3 heterocycles. The maximum Gasteiger partial charge on any atom is 0.433 e. The molecule has 6 rings (SSSR count). The summed E-state index contributed by atoms with van der Waals surface area (Å²) in [6, 6.07) is 9.53. The molecule has 0 unspecified atom stereocenters. The minimum Gasteiger partial charge on any atom is -0.395 e. The molecule has 2 saturated heterocycles. The van der Waals surface area contributed by atoms with E-state index in [1.807, 2.05) is 4.90 Å². The third-order valence-corrected chi connectivity index (χ3v) is 10.4. The number of aliphatic hydroxyl groups excluding tert-OH is 1. The maximum absolute atomic E-state index is 14.0. The number of hydrogen-bond donors (Lipinski definition) is 3. The maximum atomic E-state index is 14.0. The van der Waals surface area contributed by atoms with Crippen molar-refractivity contribution in [2.24, 2.45) is 5.41 Å². The molecule has 46 heavy (non-hydrogen) atoms. The van der Waals surface area contributed by atoms with Gasteiger partial charge in [-0.3, -0.25) is 9.52 Å². The number of nitrogens with one attached hydrogen (secondary N) is 2. The second-order valence-electron chi connectivity index (χ2n) is 12.4. The zero-order chi connectivity index (χ0) is 32.9. The van der Waals surface area contributed by atoms with Gasteiger partial charge in [-0.1, -0.05) is 6.07 Å². The molecule has 9 nitrogen and oxygen atoms in total. The lowest BCUT2D eigenvalue weighted by Gasteiger charge is -2.35. The van der Waals surface area contributed by atoms with Crippen molar-refractivity contribution in [2.75, 3.05) is 58.4 Å². The van der Waals surface area contributed by atoms with Crippen molar-refractivity contribution in [1.82, 2.24) is 4.98 Å². The van der Waals surface area contributed by atoms with Crippen molar-refractivity contribution in [2.45, 2.75) is 50.6 Å². The molecule has 248 valence electrons. The summed E-state index contributed by atoms with van der Waals surface area (Å²) in [5.74, 6) is -3.91. The third-order valence-electron chi connectivity index (χ3n) is 9.15. The molecule has 3 fully saturated rings. The topological polar surface area (TPSA) is 115 Å². The standard InChI is InChI=1S/C31H34F5N5O4S/c32-30(33)9-13-41(14-10-30)25-19-22(17-20-1-4-26(31(34,35)36)38-27(20)25)37-28(43)23-3-2-21(39-46(44,45)16-15-42)18-24(23)40-11-7-29(5-6-29)8-12-40/h1-4,17-19,39,42H,5-16H2,(H,37,43). The monoisotopic (exact) mass is 667 g/mol. The number of halogens is 5. The molecule has 3 N–H and O–H groups in total. The van der Waals surface area contributed by atoms with Crippen molar-refractivity contribution >= 4 is 49.6 Å². The fraction of sp³-hybridized carbons (Fsp3) is 0.484. The SMILES string of the molecule is O=C(Nc1cc(N2CCC(F)(F)CC2)c2nc(C(F)(F)F)ccc2c1)c1ccc(NS(=O)(=O)CCO)cc1N1CCC2(CC1)CC2. The molecule has 0 atom stereocenters. The van der Waals surface area contributed by atoms with E-state index < -0.39 is 58.9 Å². The van der Waals surface area contributed by atoms with Crippen molar-refractivity contribution in [3.63, 3.8) is 0 Å². The number of nitrogens with zero attached hydrogens (tertiary/aromatic N) is 3. The molecular weight excluding hydrogens is 633 g/mol. The normalized spacial score (nSPS) is 19.3. The molecule has 0 radical (unpaired) electrons. The summed E-state index contributed by atoms with van der Waals surface area (Å²) in [4.78, 5) is 21.2. The van der Waals surface area contributed by atoms with Crippen LogP contribution in [0.2, 0.25) is 0 Å². The van der Waals surface area contributed by atoms with Crippen LogP contribution in [0.4, 0.5) is 44.7 Å². The van der Waals surface area contributed by atoms with Gasteiger partial charge in [-0.2, -0.15) is 13.2 Å². The number of aliphatic hydroxyl groups is 1. The highest BCUT2D eigenvalue weighted by atomic mass is 32.2. The Labute approximate surface area is 262 Å². The molecule has 1 spiro atoms. The second-order valence-corrected chi connectivity index (χ2v) is 14.3. The van der Waals surface area contributed by atoms with E-state index in [-0.39, 0.29) is 46.6 Å². The molecule has 3 aromatic rings. The number of sulfonamides is 1. The van der Waals surface area contributed by atoms with Crippen LogP contribution in [0.3, 0.4) is 0 Å². The first-order valence-electron chi connectivity index (χ1n) is 15.1. The van der Waals surface area contributed by atoms with Crippen LogP contribution in [0.1, 0.15) is 54.6 Å². The Bertz CT molecular complexity index is 1740. The summed E-state index contributed by atoms with van der Waals surface area (Å²) in [5.41, 5.74) is 0.631. The van der Waals surface area contributed by atoms with Gasteiger partial charge in [-0.25, -0.2) is 22.2 Å². The molecule has 1 aromatic heterocycles. The quantitative estimate of drug-likeness (QED) is 0.258. The smallest absolute Gasteiger partial charge is 0.395 e. The Kier molecular flexibility index (Phi) is 8.28. The van der Waals surface area contributed by atoms with Gasteiger partial charge in [-0.05, 0) is 67.5 Å². The molecule has 3 aliphatic rings. The average molecular weight is 668 g/mol. The Morgan fingerprint density at radius 2 is 1.50 bits per heavy atom. The lowest BCUT2D eigenvalue weighted by Crippen LogP contribution is -2.39. The summed E-state index contributed by atoms with van der Waals surface area (Å²) >= 11 is 0. The number of fused-ring (bicyclic) bond motifs is 1. The van der Waals surface area contributed by atoms with Crippen molar-refractivity contribution in [3.8, 4) is 0 Å². The predicted octanol–water partition coefficient (Wildman–Crippen LogP) is 5.86. The van der Waals surface area contributed by atoms with Gasteiger partial charge in [-0.15, -0.1) is 0 Å². The first-order valence-corrected chi connectivity index (χ1v) is 16.8.